The standard InChI is InChI=1S/C16H15N5O/c22-16(18-10-8-13-5-4-9-17-11-13)15-12-21(20-19-15)14-6-2-1-3-7-14/h1-7,9,11-12H,8,10H2,(H,18,22). The van der Waals surface area contributed by atoms with Crippen LogP contribution in [-0.4, -0.2) is 32.4 Å². The van der Waals surface area contributed by atoms with Crippen molar-refractivity contribution in [3.8, 4) is 5.69 Å². The van der Waals surface area contributed by atoms with Crippen molar-refractivity contribution in [1.82, 2.24) is 25.3 Å². The largest absolute Gasteiger partial charge is 0.350 e. The second-order valence-corrected chi connectivity index (χ2v) is 4.75. The fourth-order valence-electron chi connectivity index (χ4n) is 2.03. The average molecular weight is 293 g/mol. The van der Waals surface area contributed by atoms with E-state index in [0.29, 0.717) is 12.2 Å². The van der Waals surface area contributed by atoms with Gasteiger partial charge in [-0.15, -0.1) is 5.10 Å². The van der Waals surface area contributed by atoms with E-state index in [2.05, 4.69) is 20.6 Å². The summed E-state index contributed by atoms with van der Waals surface area (Å²) >= 11 is 0. The first kappa shape index (κ1) is 13.9. The third-order valence-electron chi connectivity index (χ3n) is 3.17. The number of hydrogen-bond donors (Lipinski definition) is 1. The lowest BCUT2D eigenvalue weighted by Gasteiger charge is -2.02. The van der Waals surface area contributed by atoms with Crippen LogP contribution < -0.4 is 5.32 Å². The summed E-state index contributed by atoms with van der Waals surface area (Å²) in [4.78, 5) is 16.1. The van der Waals surface area contributed by atoms with Crippen LogP contribution in [-0.2, 0) is 6.42 Å². The quantitative estimate of drug-likeness (QED) is 0.776. The molecule has 0 saturated heterocycles. The Bertz CT molecular complexity index is 739. The molecule has 3 aromatic rings. The molecule has 22 heavy (non-hydrogen) atoms. The SMILES string of the molecule is O=C(NCCc1cccnc1)c1cn(-c2ccccc2)nn1. The van der Waals surface area contributed by atoms with E-state index in [-0.39, 0.29) is 5.91 Å². The Labute approximate surface area is 127 Å². The second kappa shape index (κ2) is 6.62. The van der Waals surface area contributed by atoms with Crippen LogP contribution in [0.3, 0.4) is 0 Å². The summed E-state index contributed by atoms with van der Waals surface area (Å²) < 4.78 is 1.58. The maximum absolute atomic E-state index is 12.0. The molecule has 0 aliphatic carbocycles. The number of aromatic nitrogens is 4. The fourth-order valence-corrected chi connectivity index (χ4v) is 2.03. The highest BCUT2D eigenvalue weighted by atomic mass is 16.2. The van der Waals surface area contributed by atoms with E-state index >= 15 is 0 Å². The molecule has 0 radical (unpaired) electrons. The Morgan fingerprint density at radius 3 is 2.77 bits per heavy atom. The Kier molecular flexibility index (Phi) is 4.20. The van der Waals surface area contributed by atoms with Crippen molar-refractivity contribution >= 4 is 5.91 Å². The van der Waals surface area contributed by atoms with Crippen LogP contribution in [0.1, 0.15) is 16.1 Å². The summed E-state index contributed by atoms with van der Waals surface area (Å²) in [5, 5.41) is 10.7. The molecular weight excluding hydrogens is 278 g/mol. The molecule has 3 rings (SSSR count). The highest BCUT2D eigenvalue weighted by Crippen LogP contribution is 2.05. The summed E-state index contributed by atoms with van der Waals surface area (Å²) in [6, 6.07) is 13.4. The third-order valence-corrected chi connectivity index (χ3v) is 3.17. The lowest BCUT2D eigenvalue weighted by molar-refractivity contribution is 0.0949. The van der Waals surface area contributed by atoms with Gasteiger partial charge in [0.15, 0.2) is 5.69 Å². The van der Waals surface area contributed by atoms with Crippen molar-refractivity contribution in [3.63, 3.8) is 0 Å². The molecule has 0 bridgehead atoms. The van der Waals surface area contributed by atoms with Crippen molar-refractivity contribution in [3.05, 3.63) is 72.3 Å². The zero-order valence-corrected chi connectivity index (χ0v) is 11.9. The van der Waals surface area contributed by atoms with Crippen LogP contribution in [0.2, 0.25) is 0 Å². The zero-order chi connectivity index (χ0) is 15.2. The lowest BCUT2D eigenvalue weighted by Crippen LogP contribution is -2.26. The second-order valence-electron chi connectivity index (χ2n) is 4.75. The van der Waals surface area contributed by atoms with E-state index in [1.54, 1.807) is 23.3 Å². The molecule has 110 valence electrons. The summed E-state index contributed by atoms with van der Waals surface area (Å²) in [6.07, 6.45) is 5.86. The Morgan fingerprint density at radius 1 is 1.14 bits per heavy atom. The molecule has 1 aromatic carbocycles. The van der Waals surface area contributed by atoms with Gasteiger partial charge < -0.3 is 5.32 Å². The summed E-state index contributed by atoms with van der Waals surface area (Å²) in [6.45, 7) is 0.530. The van der Waals surface area contributed by atoms with Gasteiger partial charge >= 0.3 is 0 Å². The number of carbonyl (C=O) groups is 1. The molecule has 0 spiro atoms. The molecule has 0 atom stereocenters. The molecule has 1 N–H and O–H groups in total. The van der Waals surface area contributed by atoms with E-state index in [1.807, 2.05) is 42.5 Å². The van der Waals surface area contributed by atoms with E-state index in [4.69, 9.17) is 0 Å². The Morgan fingerprint density at radius 2 is 2.00 bits per heavy atom. The van der Waals surface area contributed by atoms with Gasteiger partial charge in [0.1, 0.15) is 0 Å². The Balaban J connectivity index is 1.58. The number of amides is 1. The monoisotopic (exact) mass is 293 g/mol. The molecule has 0 unspecified atom stereocenters. The van der Waals surface area contributed by atoms with Gasteiger partial charge in [0.05, 0.1) is 11.9 Å². The molecule has 1 amide bonds. The Hall–Kier alpha value is -3.02. The first-order valence-electron chi connectivity index (χ1n) is 6.98. The molecule has 0 aliphatic rings. The molecule has 2 heterocycles. The minimum atomic E-state index is -0.230. The normalized spacial score (nSPS) is 10.4. The average Bonchev–Trinajstić information content (AvgIpc) is 3.07. The molecule has 0 aliphatic heterocycles. The van der Waals surface area contributed by atoms with Crippen LogP contribution in [0, 0.1) is 0 Å². The third kappa shape index (κ3) is 3.35. The van der Waals surface area contributed by atoms with Crippen molar-refractivity contribution < 1.29 is 4.79 Å². The van der Waals surface area contributed by atoms with Crippen molar-refractivity contribution in [2.24, 2.45) is 0 Å². The smallest absolute Gasteiger partial charge is 0.273 e. The fraction of sp³-hybridized carbons (Fsp3) is 0.125. The van der Waals surface area contributed by atoms with Crippen LogP contribution in [0.4, 0.5) is 0 Å². The molecule has 6 heteroatoms. The van der Waals surface area contributed by atoms with Gasteiger partial charge in [-0.1, -0.05) is 29.5 Å². The van der Waals surface area contributed by atoms with Gasteiger partial charge in [-0.2, -0.15) is 0 Å². The predicted octanol–water partition coefficient (Wildman–Crippen LogP) is 1.63. The number of carbonyl (C=O) groups excluding carboxylic acids is 1. The van der Waals surface area contributed by atoms with E-state index in [1.165, 1.54) is 0 Å². The number of para-hydroxylation sites is 1. The van der Waals surface area contributed by atoms with E-state index in [9.17, 15) is 4.79 Å². The van der Waals surface area contributed by atoms with Gasteiger partial charge in [0.25, 0.3) is 5.91 Å². The minimum Gasteiger partial charge on any atom is -0.350 e. The van der Waals surface area contributed by atoms with E-state index in [0.717, 1.165) is 17.7 Å². The van der Waals surface area contributed by atoms with Crippen LogP contribution >= 0.6 is 0 Å². The van der Waals surface area contributed by atoms with Crippen LogP contribution in [0.5, 0.6) is 0 Å². The van der Waals surface area contributed by atoms with Gasteiger partial charge in [-0.05, 0) is 30.2 Å². The topological polar surface area (TPSA) is 72.7 Å². The minimum absolute atomic E-state index is 0.230. The first-order valence-corrected chi connectivity index (χ1v) is 6.98. The number of benzene rings is 1. The highest BCUT2D eigenvalue weighted by Gasteiger charge is 2.10. The summed E-state index contributed by atoms with van der Waals surface area (Å²) in [7, 11) is 0. The van der Waals surface area contributed by atoms with Gasteiger partial charge in [0.2, 0.25) is 0 Å². The van der Waals surface area contributed by atoms with Gasteiger partial charge in [-0.3, -0.25) is 9.78 Å². The van der Waals surface area contributed by atoms with Crippen LogP contribution in [0.15, 0.2) is 61.1 Å². The molecule has 0 fully saturated rings. The maximum Gasteiger partial charge on any atom is 0.273 e. The predicted molar refractivity (Wildman–Crippen MR) is 81.6 cm³/mol. The van der Waals surface area contributed by atoms with E-state index < -0.39 is 0 Å². The summed E-state index contributed by atoms with van der Waals surface area (Å²) in [5.41, 5.74) is 2.25. The number of hydrogen-bond acceptors (Lipinski definition) is 4. The molecule has 6 nitrogen and oxygen atoms in total. The first-order chi connectivity index (χ1) is 10.8. The highest BCUT2D eigenvalue weighted by molar-refractivity contribution is 5.91. The lowest BCUT2D eigenvalue weighted by atomic mass is 10.2. The number of nitrogens with zero attached hydrogens (tertiary/aromatic N) is 4. The maximum atomic E-state index is 12.0. The number of rotatable bonds is 5. The molecule has 0 saturated carbocycles. The molecule has 2 aromatic heterocycles. The summed E-state index contributed by atoms with van der Waals surface area (Å²) in [5.74, 6) is -0.230. The van der Waals surface area contributed by atoms with Crippen molar-refractivity contribution in [1.29, 1.82) is 0 Å². The van der Waals surface area contributed by atoms with Gasteiger partial charge in [0, 0.05) is 18.9 Å². The van der Waals surface area contributed by atoms with Crippen LogP contribution in [0.25, 0.3) is 5.69 Å². The van der Waals surface area contributed by atoms with Crippen molar-refractivity contribution in [2.75, 3.05) is 6.54 Å². The zero-order valence-electron chi connectivity index (χ0n) is 11.9. The number of nitrogens with one attached hydrogen (secondary N) is 1. The van der Waals surface area contributed by atoms with Crippen molar-refractivity contribution in [2.45, 2.75) is 6.42 Å². The van der Waals surface area contributed by atoms with Gasteiger partial charge in [-0.25, -0.2) is 4.68 Å². The number of pyridine rings is 1. The molecular formula is C16H15N5O.